The highest BCUT2D eigenvalue weighted by atomic mass is 16.1. The van der Waals surface area contributed by atoms with E-state index in [0.29, 0.717) is 5.82 Å². The van der Waals surface area contributed by atoms with Crippen LogP contribution >= 0.6 is 0 Å². The van der Waals surface area contributed by atoms with E-state index in [1.54, 1.807) is 17.9 Å². The molecule has 5 nitrogen and oxygen atoms in total. The summed E-state index contributed by atoms with van der Waals surface area (Å²) in [6.07, 6.45) is 4.73. The predicted molar refractivity (Wildman–Crippen MR) is 51.0 cm³/mol. The Hall–Kier alpha value is -1.23. The minimum absolute atomic E-state index is 0.0599. The van der Waals surface area contributed by atoms with Crippen molar-refractivity contribution in [1.29, 1.82) is 0 Å². The van der Waals surface area contributed by atoms with Gasteiger partial charge in [-0.15, -0.1) is 10.2 Å². The summed E-state index contributed by atoms with van der Waals surface area (Å²) in [6.45, 7) is 0.925. The molecule has 1 aromatic heterocycles. The van der Waals surface area contributed by atoms with E-state index in [1.165, 1.54) is 0 Å². The standard InChI is InChI=1S/C9H14N4O/c1-13-6-11-12-9(13)8(14)7-4-2-3-5-10-7/h6-7,10H,2-5H2,1H3. The van der Waals surface area contributed by atoms with Crippen LogP contribution in [0.25, 0.3) is 0 Å². The van der Waals surface area contributed by atoms with Crippen LogP contribution in [0, 0.1) is 0 Å². The van der Waals surface area contributed by atoms with Gasteiger partial charge in [0.2, 0.25) is 11.6 Å². The van der Waals surface area contributed by atoms with Gasteiger partial charge in [0.05, 0.1) is 6.04 Å². The minimum atomic E-state index is -0.0633. The molecule has 0 amide bonds. The van der Waals surface area contributed by atoms with Gasteiger partial charge in [0, 0.05) is 7.05 Å². The number of nitrogens with zero attached hydrogens (tertiary/aromatic N) is 3. The van der Waals surface area contributed by atoms with Gasteiger partial charge in [0.1, 0.15) is 6.33 Å². The smallest absolute Gasteiger partial charge is 0.216 e. The van der Waals surface area contributed by atoms with Crippen molar-refractivity contribution in [2.45, 2.75) is 25.3 Å². The van der Waals surface area contributed by atoms with Gasteiger partial charge < -0.3 is 9.88 Å². The van der Waals surface area contributed by atoms with Crippen LogP contribution in [0.4, 0.5) is 0 Å². The Bertz CT molecular complexity index is 327. The number of piperidine rings is 1. The lowest BCUT2D eigenvalue weighted by Gasteiger charge is -2.21. The Balaban J connectivity index is 2.11. The quantitative estimate of drug-likeness (QED) is 0.680. The first-order valence-electron chi connectivity index (χ1n) is 4.90. The number of hydrogen-bond acceptors (Lipinski definition) is 4. The zero-order chi connectivity index (χ0) is 9.97. The summed E-state index contributed by atoms with van der Waals surface area (Å²) in [4.78, 5) is 11.9. The summed E-state index contributed by atoms with van der Waals surface area (Å²) in [6, 6.07) is -0.0633. The van der Waals surface area contributed by atoms with E-state index in [9.17, 15) is 4.79 Å². The van der Waals surface area contributed by atoms with E-state index in [2.05, 4.69) is 15.5 Å². The van der Waals surface area contributed by atoms with Crippen molar-refractivity contribution in [3.05, 3.63) is 12.2 Å². The number of nitrogens with one attached hydrogen (secondary N) is 1. The molecule has 0 radical (unpaired) electrons. The van der Waals surface area contributed by atoms with E-state index in [4.69, 9.17) is 0 Å². The highest BCUT2D eigenvalue weighted by molar-refractivity contribution is 5.97. The monoisotopic (exact) mass is 194 g/mol. The molecular weight excluding hydrogens is 180 g/mol. The highest BCUT2D eigenvalue weighted by Gasteiger charge is 2.24. The molecule has 1 aliphatic rings. The van der Waals surface area contributed by atoms with E-state index in [1.807, 2.05) is 0 Å². The largest absolute Gasteiger partial charge is 0.314 e. The Kier molecular flexibility index (Phi) is 2.58. The van der Waals surface area contributed by atoms with E-state index >= 15 is 0 Å². The van der Waals surface area contributed by atoms with Crippen molar-refractivity contribution >= 4 is 5.78 Å². The fraction of sp³-hybridized carbons (Fsp3) is 0.667. The van der Waals surface area contributed by atoms with Crippen LogP contribution in [0.5, 0.6) is 0 Å². The van der Waals surface area contributed by atoms with Gasteiger partial charge in [-0.05, 0) is 19.4 Å². The summed E-state index contributed by atoms with van der Waals surface area (Å²) in [5, 5.41) is 10.7. The lowest BCUT2D eigenvalue weighted by Crippen LogP contribution is -2.41. The van der Waals surface area contributed by atoms with Crippen LogP contribution in [-0.2, 0) is 7.05 Å². The molecule has 2 rings (SSSR count). The average molecular weight is 194 g/mol. The molecule has 0 aromatic carbocycles. The van der Waals surface area contributed by atoms with Gasteiger partial charge in [0.25, 0.3) is 0 Å². The Morgan fingerprint density at radius 3 is 3.07 bits per heavy atom. The number of rotatable bonds is 2. The lowest BCUT2D eigenvalue weighted by molar-refractivity contribution is 0.0913. The van der Waals surface area contributed by atoms with Crippen molar-refractivity contribution in [2.75, 3.05) is 6.54 Å². The molecule has 0 bridgehead atoms. The third-order valence-electron chi connectivity index (χ3n) is 2.56. The maximum atomic E-state index is 11.9. The predicted octanol–water partition coefficient (Wildman–Crippen LogP) is 0.140. The molecule has 5 heteroatoms. The molecule has 1 N–H and O–H groups in total. The maximum absolute atomic E-state index is 11.9. The Morgan fingerprint density at radius 1 is 1.64 bits per heavy atom. The summed E-state index contributed by atoms with van der Waals surface area (Å²) in [5.74, 6) is 0.508. The number of hydrogen-bond donors (Lipinski definition) is 1. The van der Waals surface area contributed by atoms with E-state index in [0.717, 1.165) is 25.8 Å². The Morgan fingerprint density at radius 2 is 2.50 bits per heavy atom. The second-order valence-corrected chi connectivity index (χ2v) is 3.63. The molecule has 1 unspecified atom stereocenters. The zero-order valence-corrected chi connectivity index (χ0v) is 8.23. The number of carbonyl (C=O) groups excluding carboxylic acids is 1. The minimum Gasteiger partial charge on any atom is -0.314 e. The fourth-order valence-corrected chi connectivity index (χ4v) is 1.74. The average Bonchev–Trinajstić information content (AvgIpc) is 2.65. The molecule has 1 atom stereocenters. The molecule has 1 saturated heterocycles. The first-order chi connectivity index (χ1) is 6.79. The molecule has 1 aliphatic heterocycles. The summed E-state index contributed by atoms with van der Waals surface area (Å²) >= 11 is 0. The lowest BCUT2D eigenvalue weighted by atomic mass is 10.0. The molecular formula is C9H14N4O. The van der Waals surface area contributed by atoms with Crippen LogP contribution in [0.15, 0.2) is 6.33 Å². The van der Waals surface area contributed by atoms with Gasteiger partial charge in [-0.25, -0.2) is 0 Å². The number of Topliss-reactive ketones (excluding diaryl/α,β-unsaturated/α-hetero) is 1. The third kappa shape index (κ3) is 1.68. The molecule has 0 spiro atoms. The first-order valence-corrected chi connectivity index (χ1v) is 4.90. The third-order valence-corrected chi connectivity index (χ3v) is 2.56. The van der Waals surface area contributed by atoms with Crippen molar-refractivity contribution in [3.63, 3.8) is 0 Å². The molecule has 76 valence electrons. The molecule has 0 saturated carbocycles. The fourth-order valence-electron chi connectivity index (χ4n) is 1.74. The number of ketones is 1. The van der Waals surface area contributed by atoms with Gasteiger partial charge in [-0.1, -0.05) is 6.42 Å². The van der Waals surface area contributed by atoms with E-state index in [-0.39, 0.29) is 11.8 Å². The van der Waals surface area contributed by atoms with Gasteiger partial charge in [-0.3, -0.25) is 4.79 Å². The van der Waals surface area contributed by atoms with Crippen LogP contribution < -0.4 is 5.32 Å². The summed E-state index contributed by atoms with van der Waals surface area (Å²) in [5.41, 5.74) is 0. The first kappa shape index (κ1) is 9.33. The van der Waals surface area contributed by atoms with Crippen LogP contribution in [-0.4, -0.2) is 33.1 Å². The normalized spacial score (nSPS) is 22.2. The van der Waals surface area contributed by atoms with Crippen LogP contribution in [0.3, 0.4) is 0 Å². The van der Waals surface area contributed by atoms with Gasteiger partial charge in [-0.2, -0.15) is 0 Å². The summed E-state index contributed by atoms with van der Waals surface area (Å²) in [7, 11) is 1.79. The summed E-state index contributed by atoms with van der Waals surface area (Å²) < 4.78 is 1.67. The van der Waals surface area contributed by atoms with Crippen LogP contribution in [0.2, 0.25) is 0 Å². The second-order valence-electron chi connectivity index (χ2n) is 3.63. The Labute approximate surface area is 82.5 Å². The topological polar surface area (TPSA) is 59.8 Å². The number of aromatic nitrogens is 3. The zero-order valence-electron chi connectivity index (χ0n) is 8.23. The van der Waals surface area contributed by atoms with Gasteiger partial charge >= 0.3 is 0 Å². The van der Waals surface area contributed by atoms with Crippen molar-refractivity contribution in [3.8, 4) is 0 Å². The number of carbonyl (C=O) groups is 1. The second kappa shape index (κ2) is 3.88. The van der Waals surface area contributed by atoms with Crippen molar-refractivity contribution in [2.24, 2.45) is 7.05 Å². The highest BCUT2D eigenvalue weighted by Crippen LogP contribution is 2.10. The molecule has 14 heavy (non-hydrogen) atoms. The maximum Gasteiger partial charge on any atom is 0.216 e. The molecule has 1 fully saturated rings. The SMILES string of the molecule is Cn1cnnc1C(=O)C1CCCCN1. The molecule has 2 heterocycles. The van der Waals surface area contributed by atoms with E-state index < -0.39 is 0 Å². The number of aryl methyl sites for hydroxylation is 1. The van der Waals surface area contributed by atoms with Gasteiger partial charge in [0.15, 0.2) is 0 Å². The molecule has 1 aromatic rings. The van der Waals surface area contributed by atoms with Crippen molar-refractivity contribution in [1.82, 2.24) is 20.1 Å². The van der Waals surface area contributed by atoms with Crippen LogP contribution in [0.1, 0.15) is 29.9 Å². The van der Waals surface area contributed by atoms with Crippen molar-refractivity contribution < 1.29 is 4.79 Å². The molecule has 0 aliphatic carbocycles.